The van der Waals surface area contributed by atoms with Crippen LogP contribution in [-0.2, 0) is 0 Å². The van der Waals surface area contributed by atoms with E-state index in [0.29, 0.717) is 17.7 Å². The molecule has 21 heavy (non-hydrogen) atoms. The second kappa shape index (κ2) is 6.06. The molecule has 4 heteroatoms. The number of rotatable bonds is 4. The molecule has 0 aliphatic heterocycles. The molecule has 0 bridgehead atoms. The highest BCUT2D eigenvalue weighted by Crippen LogP contribution is 2.40. The van der Waals surface area contributed by atoms with Gasteiger partial charge in [0.05, 0.1) is 12.8 Å². The van der Waals surface area contributed by atoms with Gasteiger partial charge in [0.2, 0.25) is 0 Å². The second-order valence-electron chi connectivity index (χ2n) is 5.41. The Morgan fingerprint density at radius 1 is 1.14 bits per heavy atom. The Labute approximate surface area is 132 Å². The van der Waals surface area contributed by atoms with E-state index in [1.54, 1.807) is 13.2 Å². The van der Waals surface area contributed by atoms with E-state index in [1.807, 2.05) is 0 Å². The molecular formula is C17H17BrFNO. The minimum atomic E-state index is -0.279. The van der Waals surface area contributed by atoms with Crippen molar-refractivity contribution in [3.63, 3.8) is 0 Å². The van der Waals surface area contributed by atoms with Gasteiger partial charge in [-0.25, -0.2) is 4.39 Å². The van der Waals surface area contributed by atoms with Crippen LogP contribution in [0, 0.1) is 5.82 Å². The molecule has 2 aromatic rings. The van der Waals surface area contributed by atoms with Crippen LogP contribution in [0.25, 0.3) is 0 Å². The number of ether oxygens (including phenoxy) is 1. The van der Waals surface area contributed by atoms with Crippen LogP contribution in [0.3, 0.4) is 0 Å². The Balaban J connectivity index is 1.61. The molecule has 2 nitrogen and oxygen atoms in total. The van der Waals surface area contributed by atoms with E-state index in [0.717, 1.165) is 23.0 Å². The smallest absolute Gasteiger partial charge is 0.144 e. The number of anilines is 1. The molecule has 1 aliphatic rings. The predicted molar refractivity (Wildman–Crippen MR) is 86.5 cm³/mol. The quantitative estimate of drug-likeness (QED) is 0.842. The van der Waals surface area contributed by atoms with Crippen LogP contribution in [0.2, 0.25) is 0 Å². The van der Waals surface area contributed by atoms with E-state index in [2.05, 4.69) is 45.5 Å². The summed E-state index contributed by atoms with van der Waals surface area (Å²) in [5.41, 5.74) is 2.24. The van der Waals surface area contributed by atoms with Crippen LogP contribution in [0.4, 0.5) is 10.1 Å². The standard InChI is InChI=1S/C17H17BrFNO/c1-21-17-10-14(19)6-7-16(17)20-15-8-12(9-15)11-2-4-13(18)5-3-11/h2-7,10,12,15,20H,8-9H2,1H3. The summed E-state index contributed by atoms with van der Waals surface area (Å²) in [6.45, 7) is 0. The lowest BCUT2D eigenvalue weighted by Crippen LogP contribution is -2.34. The molecule has 0 spiro atoms. The van der Waals surface area contributed by atoms with Crippen LogP contribution < -0.4 is 10.1 Å². The second-order valence-corrected chi connectivity index (χ2v) is 6.32. The van der Waals surface area contributed by atoms with E-state index in [1.165, 1.54) is 17.7 Å². The summed E-state index contributed by atoms with van der Waals surface area (Å²) >= 11 is 3.46. The SMILES string of the molecule is COc1cc(F)ccc1NC1CC(c2ccc(Br)cc2)C1. The molecule has 0 unspecified atom stereocenters. The third-order valence-electron chi connectivity index (χ3n) is 4.00. The lowest BCUT2D eigenvalue weighted by molar-refractivity contribution is 0.369. The minimum absolute atomic E-state index is 0.279. The van der Waals surface area contributed by atoms with Gasteiger partial charge in [0.1, 0.15) is 11.6 Å². The maximum Gasteiger partial charge on any atom is 0.144 e. The van der Waals surface area contributed by atoms with Gasteiger partial charge < -0.3 is 10.1 Å². The highest BCUT2D eigenvalue weighted by Gasteiger charge is 2.30. The van der Waals surface area contributed by atoms with Gasteiger partial charge in [0.15, 0.2) is 0 Å². The normalized spacial score (nSPS) is 20.7. The largest absolute Gasteiger partial charge is 0.494 e. The number of halogens is 2. The zero-order valence-corrected chi connectivity index (χ0v) is 13.4. The Morgan fingerprint density at radius 2 is 1.86 bits per heavy atom. The van der Waals surface area contributed by atoms with Gasteiger partial charge in [-0.15, -0.1) is 0 Å². The number of nitrogens with one attached hydrogen (secondary N) is 1. The van der Waals surface area contributed by atoms with Crippen molar-refractivity contribution in [1.82, 2.24) is 0 Å². The molecule has 0 amide bonds. The molecule has 1 saturated carbocycles. The molecule has 110 valence electrons. The molecule has 0 radical (unpaired) electrons. The van der Waals surface area contributed by atoms with Crippen LogP contribution in [0.15, 0.2) is 46.9 Å². The summed E-state index contributed by atoms with van der Waals surface area (Å²) in [6, 6.07) is 13.5. The van der Waals surface area contributed by atoms with Crippen LogP contribution in [0.1, 0.15) is 24.3 Å². The van der Waals surface area contributed by atoms with Gasteiger partial charge in [-0.1, -0.05) is 28.1 Å². The first kappa shape index (κ1) is 14.4. The highest BCUT2D eigenvalue weighted by atomic mass is 79.9. The predicted octanol–water partition coefficient (Wildman–Crippen LogP) is 4.95. The number of methoxy groups -OCH3 is 1. The van der Waals surface area contributed by atoms with Gasteiger partial charge in [-0.2, -0.15) is 0 Å². The van der Waals surface area contributed by atoms with Crippen LogP contribution in [0.5, 0.6) is 5.75 Å². The summed E-state index contributed by atoms with van der Waals surface area (Å²) < 4.78 is 19.5. The molecular weight excluding hydrogens is 333 g/mol. The third kappa shape index (κ3) is 3.21. The summed E-state index contributed by atoms with van der Waals surface area (Å²) in [5.74, 6) is 0.878. The van der Waals surface area contributed by atoms with Gasteiger partial charge in [0.25, 0.3) is 0 Å². The topological polar surface area (TPSA) is 21.3 Å². The Kier molecular flexibility index (Phi) is 4.15. The third-order valence-corrected chi connectivity index (χ3v) is 4.53. The Morgan fingerprint density at radius 3 is 2.52 bits per heavy atom. The number of hydrogen-bond donors (Lipinski definition) is 1. The molecule has 3 rings (SSSR count). The summed E-state index contributed by atoms with van der Waals surface area (Å²) in [4.78, 5) is 0. The average molecular weight is 350 g/mol. The molecule has 1 aliphatic carbocycles. The molecule has 0 saturated heterocycles. The zero-order valence-electron chi connectivity index (χ0n) is 11.8. The summed E-state index contributed by atoms with van der Waals surface area (Å²) in [6.07, 6.45) is 2.17. The Bertz CT molecular complexity index is 623. The first-order valence-electron chi connectivity index (χ1n) is 7.01. The van der Waals surface area contributed by atoms with Crippen molar-refractivity contribution in [3.8, 4) is 5.75 Å². The van der Waals surface area contributed by atoms with Crippen molar-refractivity contribution in [2.75, 3.05) is 12.4 Å². The van der Waals surface area contributed by atoms with Crippen molar-refractivity contribution in [2.45, 2.75) is 24.8 Å². The van der Waals surface area contributed by atoms with Crippen molar-refractivity contribution in [2.24, 2.45) is 0 Å². The minimum Gasteiger partial charge on any atom is -0.494 e. The van der Waals surface area contributed by atoms with E-state index in [4.69, 9.17) is 4.74 Å². The molecule has 0 atom stereocenters. The van der Waals surface area contributed by atoms with Crippen molar-refractivity contribution in [3.05, 3.63) is 58.3 Å². The van der Waals surface area contributed by atoms with Crippen LogP contribution >= 0.6 is 15.9 Å². The molecule has 0 aromatic heterocycles. The number of hydrogen-bond acceptors (Lipinski definition) is 2. The van der Waals surface area contributed by atoms with Crippen LogP contribution in [-0.4, -0.2) is 13.2 Å². The highest BCUT2D eigenvalue weighted by molar-refractivity contribution is 9.10. The fourth-order valence-electron chi connectivity index (χ4n) is 2.75. The fourth-order valence-corrected chi connectivity index (χ4v) is 3.01. The summed E-state index contributed by atoms with van der Waals surface area (Å²) in [7, 11) is 1.56. The maximum absolute atomic E-state index is 13.2. The van der Waals surface area contributed by atoms with Gasteiger partial charge in [0, 0.05) is 16.6 Å². The van der Waals surface area contributed by atoms with Gasteiger partial charge >= 0.3 is 0 Å². The monoisotopic (exact) mass is 349 g/mol. The van der Waals surface area contributed by atoms with Crippen molar-refractivity contribution >= 4 is 21.6 Å². The lowest BCUT2D eigenvalue weighted by Gasteiger charge is -2.37. The van der Waals surface area contributed by atoms with E-state index in [9.17, 15) is 4.39 Å². The first-order valence-corrected chi connectivity index (χ1v) is 7.80. The van der Waals surface area contributed by atoms with Gasteiger partial charge in [-0.3, -0.25) is 0 Å². The van der Waals surface area contributed by atoms with E-state index < -0.39 is 0 Å². The molecule has 2 aromatic carbocycles. The average Bonchev–Trinajstić information content (AvgIpc) is 2.45. The lowest BCUT2D eigenvalue weighted by atomic mass is 9.76. The zero-order chi connectivity index (χ0) is 14.8. The van der Waals surface area contributed by atoms with E-state index in [-0.39, 0.29) is 5.82 Å². The molecule has 0 heterocycles. The van der Waals surface area contributed by atoms with E-state index >= 15 is 0 Å². The number of benzene rings is 2. The van der Waals surface area contributed by atoms with Crippen molar-refractivity contribution < 1.29 is 9.13 Å². The summed E-state index contributed by atoms with van der Waals surface area (Å²) in [5, 5.41) is 3.44. The molecule has 1 fully saturated rings. The first-order chi connectivity index (χ1) is 10.2. The van der Waals surface area contributed by atoms with Crippen molar-refractivity contribution in [1.29, 1.82) is 0 Å². The van der Waals surface area contributed by atoms with Gasteiger partial charge in [-0.05, 0) is 48.6 Å². The maximum atomic E-state index is 13.2. The Hall–Kier alpha value is -1.55. The fraction of sp³-hybridized carbons (Fsp3) is 0.294. The molecule has 1 N–H and O–H groups in total.